The first-order valence-corrected chi connectivity index (χ1v) is 9.65. The maximum Gasteiger partial charge on any atom is 0.257 e. The molecule has 6 nitrogen and oxygen atoms in total. The highest BCUT2D eigenvalue weighted by Gasteiger charge is 2.21. The number of hydrogen-bond donors (Lipinski definition) is 1. The van der Waals surface area contributed by atoms with Crippen molar-refractivity contribution in [3.63, 3.8) is 0 Å². The molecule has 3 rings (SSSR count). The topological polar surface area (TPSA) is 79.4 Å². The minimum Gasteiger partial charge on any atom is -0.298 e. The third-order valence-corrected chi connectivity index (χ3v) is 6.35. The molecule has 11 heteroatoms. The van der Waals surface area contributed by atoms with E-state index in [0.717, 1.165) is 21.7 Å². The van der Waals surface area contributed by atoms with Crippen LogP contribution in [0.2, 0.25) is 0 Å². The molecule has 0 fully saturated rings. The van der Waals surface area contributed by atoms with E-state index in [4.69, 9.17) is 0 Å². The summed E-state index contributed by atoms with van der Waals surface area (Å²) in [5.74, 6) is -5.15. The average molecular weight is 415 g/mol. The highest BCUT2D eigenvalue weighted by atomic mass is 32.2. The van der Waals surface area contributed by atoms with Crippen molar-refractivity contribution in [3.05, 3.63) is 53.3 Å². The van der Waals surface area contributed by atoms with Gasteiger partial charge in [0.05, 0.1) is 9.60 Å². The van der Waals surface area contributed by atoms with Gasteiger partial charge in [0.25, 0.3) is 5.91 Å². The lowest BCUT2D eigenvalue weighted by Gasteiger charge is -2.12. The van der Waals surface area contributed by atoms with E-state index in [-0.39, 0.29) is 20.3 Å². The van der Waals surface area contributed by atoms with Crippen LogP contribution in [0.3, 0.4) is 0 Å². The standard InChI is InChI=1S/C16H12F3N3O3S2/c1-22(2)27(24,25)9-5-3-4-8(6-9)15(23)21-16-20-14-11(26-16)7-10(17)12(18)13(14)19/h3-7H,1-2H3,(H,20,21,23). The van der Waals surface area contributed by atoms with Crippen molar-refractivity contribution >= 4 is 42.6 Å². The normalized spacial score (nSPS) is 11.9. The lowest BCUT2D eigenvalue weighted by molar-refractivity contribution is 0.102. The zero-order valence-corrected chi connectivity index (χ0v) is 15.6. The summed E-state index contributed by atoms with van der Waals surface area (Å²) in [6.45, 7) is 0. The number of fused-ring (bicyclic) bond motifs is 1. The first-order valence-electron chi connectivity index (χ1n) is 7.39. The van der Waals surface area contributed by atoms with E-state index in [1.165, 1.54) is 38.4 Å². The summed E-state index contributed by atoms with van der Waals surface area (Å²) in [5, 5.41) is 2.29. The number of carbonyl (C=O) groups is 1. The average Bonchev–Trinajstić information content (AvgIpc) is 3.02. The second kappa shape index (κ2) is 6.91. The second-order valence-electron chi connectivity index (χ2n) is 5.62. The van der Waals surface area contributed by atoms with E-state index >= 15 is 0 Å². The number of rotatable bonds is 4. The fourth-order valence-corrected chi connectivity index (χ4v) is 4.04. The van der Waals surface area contributed by atoms with Crippen LogP contribution in [-0.2, 0) is 10.0 Å². The predicted octanol–water partition coefficient (Wildman–Crippen LogP) is 3.22. The molecule has 0 aliphatic carbocycles. The minimum atomic E-state index is -3.73. The van der Waals surface area contributed by atoms with Gasteiger partial charge >= 0.3 is 0 Å². The van der Waals surface area contributed by atoms with Gasteiger partial charge in [-0.25, -0.2) is 30.9 Å². The number of anilines is 1. The van der Waals surface area contributed by atoms with Gasteiger partial charge in [0.1, 0.15) is 5.52 Å². The first kappa shape index (κ1) is 19.3. The summed E-state index contributed by atoms with van der Waals surface area (Å²) in [5.41, 5.74) is -0.381. The Morgan fingerprint density at radius 1 is 1.15 bits per heavy atom. The van der Waals surface area contributed by atoms with Crippen LogP contribution >= 0.6 is 11.3 Å². The molecule has 1 aromatic heterocycles. The Balaban J connectivity index is 1.92. The van der Waals surface area contributed by atoms with E-state index in [0.29, 0.717) is 0 Å². The van der Waals surface area contributed by atoms with Crippen molar-refractivity contribution in [3.8, 4) is 0 Å². The summed E-state index contributed by atoms with van der Waals surface area (Å²) in [6.07, 6.45) is 0. The molecule has 0 atom stereocenters. The van der Waals surface area contributed by atoms with Gasteiger partial charge in [-0.05, 0) is 24.3 Å². The fourth-order valence-electron chi connectivity index (χ4n) is 2.21. The summed E-state index contributed by atoms with van der Waals surface area (Å²) in [4.78, 5) is 16.0. The molecule has 1 N–H and O–H groups in total. The second-order valence-corrected chi connectivity index (χ2v) is 8.80. The van der Waals surface area contributed by atoms with E-state index in [9.17, 15) is 26.4 Å². The van der Waals surface area contributed by atoms with Crippen molar-refractivity contribution in [2.45, 2.75) is 4.90 Å². The maximum atomic E-state index is 13.7. The molecule has 0 spiro atoms. The Kier molecular flexibility index (Phi) is 4.93. The van der Waals surface area contributed by atoms with Crippen LogP contribution in [0.5, 0.6) is 0 Å². The van der Waals surface area contributed by atoms with Crippen LogP contribution in [-0.4, -0.2) is 37.7 Å². The Labute approximate surface area is 156 Å². The Morgan fingerprint density at radius 3 is 2.52 bits per heavy atom. The molecule has 0 radical (unpaired) electrons. The van der Waals surface area contributed by atoms with Gasteiger partial charge < -0.3 is 0 Å². The molecular formula is C16H12F3N3O3S2. The zero-order valence-electron chi connectivity index (χ0n) is 14.0. The van der Waals surface area contributed by atoms with Gasteiger partial charge in [0.15, 0.2) is 22.6 Å². The number of aromatic nitrogens is 1. The third-order valence-electron chi connectivity index (χ3n) is 3.62. The summed E-state index contributed by atoms with van der Waals surface area (Å²) in [7, 11) is -1.02. The van der Waals surface area contributed by atoms with E-state index in [1.54, 1.807) is 0 Å². The van der Waals surface area contributed by atoms with Crippen molar-refractivity contribution in [2.24, 2.45) is 0 Å². The molecule has 2 aromatic carbocycles. The van der Waals surface area contributed by atoms with Crippen LogP contribution in [0.25, 0.3) is 10.2 Å². The number of sulfonamides is 1. The number of benzene rings is 2. The van der Waals surface area contributed by atoms with Crippen LogP contribution in [0.1, 0.15) is 10.4 Å². The van der Waals surface area contributed by atoms with Crippen LogP contribution in [0, 0.1) is 17.5 Å². The van der Waals surface area contributed by atoms with Crippen LogP contribution in [0.4, 0.5) is 18.3 Å². The lowest BCUT2D eigenvalue weighted by Crippen LogP contribution is -2.22. The van der Waals surface area contributed by atoms with Crippen LogP contribution < -0.4 is 5.32 Å². The van der Waals surface area contributed by atoms with Gasteiger partial charge in [-0.15, -0.1) is 0 Å². The monoisotopic (exact) mass is 415 g/mol. The quantitative estimate of drug-likeness (QED) is 0.664. The Hall–Kier alpha value is -2.50. The number of hydrogen-bond acceptors (Lipinski definition) is 5. The predicted molar refractivity (Wildman–Crippen MR) is 94.8 cm³/mol. The molecule has 3 aromatic rings. The smallest absolute Gasteiger partial charge is 0.257 e. The number of carbonyl (C=O) groups excluding carboxylic acids is 1. The van der Waals surface area contributed by atoms with Crippen molar-refractivity contribution in [2.75, 3.05) is 19.4 Å². The number of amides is 1. The van der Waals surface area contributed by atoms with Crippen LogP contribution in [0.15, 0.2) is 35.2 Å². The van der Waals surface area contributed by atoms with Gasteiger partial charge in [0, 0.05) is 19.7 Å². The van der Waals surface area contributed by atoms with E-state index < -0.39 is 38.9 Å². The molecule has 142 valence electrons. The van der Waals surface area contributed by atoms with Gasteiger partial charge in [0.2, 0.25) is 10.0 Å². The van der Waals surface area contributed by atoms with Gasteiger partial charge in [-0.3, -0.25) is 10.1 Å². The number of nitrogens with one attached hydrogen (secondary N) is 1. The van der Waals surface area contributed by atoms with Crippen molar-refractivity contribution in [1.29, 1.82) is 0 Å². The summed E-state index contributed by atoms with van der Waals surface area (Å²) < 4.78 is 65.6. The fraction of sp³-hybridized carbons (Fsp3) is 0.125. The molecule has 0 aliphatic rings. The Morgan fingerprint density at radius 2 is 1.85 bits per heavy atom. The molecule has 1 heterocycles. The lowest BCUT2D eigenvalue weighted by atomic mass is 10.2. The highest BCUT2D eigenvalue weighted by Crippen LogP contribution is 2.30. The third kappa shape index (κ3) is 3.53. The molecule has 0 aliphatic heterocycles. The van der Waals surface area contributed by atoms with Gasteiger partial charge in [-0.2, -0.15) is 0 Å². The maximum absolute atomic E-state index is 13.7. The van der Waals surface area contributed by atoms with Gasteiger partial charge in [-0.1, -0.05) is 17.4 Å². The number of halogens is 3. The van der Waals surface area contributed by atoms with E-state index in [2.05, 4.69) is 10.3 Å². The van der Waals surface area contributed by atoms with Crippen molar-refractivity contribution in [1.82, 2.24) is 9.29 Å². The molecule has 0 bridgehead atoms. The number of thiazole rings is 1. The molecule has 27 heavy (non-hydrogen) atoms. The molecule has 1 amide bonds. The largest absolute Gasteiger partial charge is 0.298 e. The summed E-state index contributed by atoms with van der Waals surface area (Å²) in [6, 6.07) is 6.08. The molecule has 0 unspecified atom stereocenters. The Bertz CT molecular complexity index is 1160. The number of nitrogens with zero attached hydrogens (tertiary/aromatic N) is 2. The zero-order chi connectivity index (χ0) is 19.9. The van der Waals surface area contributed by atoms with Crippen molar-refractivity contribution < 1.29 is 26.4 Å². The SMILES string of the molecule is CN(C)S(=O)(=O)c1cccc(C(=O)Nc2nc3c(F)c(F)c(F)cc3s2)c1. The first-order chi connectivity index (χ1) is 12.6. The summed E-state index contributed by atoms with van der Waals surface area (Å²) >= 11 is 0.756. The molecular weight excluding hydrogens is 403 g/mol. The molecule has 0 saturated carbocycles. The highest BCUT2D eigenvalue weighted by molar-refractivity contribution is 7.89. The molecule has 0 saturated heterocycles. The minimum absolute atomic E-state index is 0.0191. The van der Waals surface area contributed by atoms with E-state index in [1.807, 2.05) is 0 Å².